The van der Waals surface area contributed by atoms with Crippen molar-refractivity contribution in [3.05, 3.63) is 81.9 Å². The topological polar surface area (TPSA) is 57.2 Å². The number of rotatable bonds is 6. The minimum Gasteiger partial charge on any atom is -0.493 e. The van der Waals surface area contributed by atoms with Gasteiger partial charge in [-0.05, 0) is 65.6 Å². The average molecular weight is 569 g/mol. The number of nitrogens with zero attached hydrogens (tertiary/aromatic N) is 1. The van der Waals surface area contributed by atoms with Crippen molar-refractivity contribution in [3.63, 3.8) is 0 Å². The summed E-state index contributed by atoms with van der Waals surface area (Å²) in [6.45, 7) is -0.00206. The molecule has 0 saturated carbocycles. The number of amides is 1. The lowest BCUT2D eigenvalue weighted by Gasteiger charge is -2.38. The Morgan fingerprint density at radius 1 is 0.725 bits per heavy atom. The molecule has 1 heterocycles. The molecule has 1 unspecified atom stereocenters. The average Bonchev–Trinajstić information content (AvgIpc) is 2.93. The van der Waals surface area contributed by atoms with E-state index < -0.39 is 41.0 Å². The highest BCUT2D eigenvalue weighted by atomic mass is 19.4. The van der Waals surface area contributed by atoms with E-state index in [1.807, 2.05) is 0 Å². The molecule has 40 heavy (non-hydrogen) atoms. The predicted octanol–water partition coefficient (Wildman–Crippen LogP) is 6.55. The first kappa shape index (κ1) is 28.9. The number of hydrogen-bond acceptors (Lipinski definition) is 5. The van der Waals surface area contributed by atoms with Gasteiger partial charge in [-0.15, -0.1) is 0 Å². The molecule has 3 aromatic carbocycles. The van der Waals surface area contributed by atoms with Crippen LogP contribution < -0.4 is 18.9 Å². The van der Waals surface area contributed by atoms with Crippen molar-refractivity contribution < 1.29 is 50.1 Å². The van der Waals surface area contributed by atoms with Gasteiger partial charge in [-0.25, -0.2) is 0 Å². The van der Waals surface area contributed by atoms with Gasteiger partial charge in [0, 0.05) is 12.1 Å². The highest BCUT2D eigenvalue weighted by Gasteiger charge is 2.40. The van der Waals surface area contributed by atoms with Gasteiger partial charge in [-0.2, -0.15) is 26.3 Å². The van der Waals surface area contributed by atoms with Crippen LogP contribution in [0, 0.1) is 0 Å². The maximum atomic E-state index is 13.8. The summed E-state index contributed by atoms with van der Waals surface area (Å²) in [5.74, 6) is 0.467. The van der Waals surface area contributed by atoms with Gasteiger partial charge in [0.1, 0.15) is 0 Å². The van der Waals surface area contributed by atoms with E-state index in [1.165, 1.54) is 33.3 Å². The molecule has 0 aromatic heterocycles. The molecule has 0 spiro atoms. The Kier molecular flexibility index (Phi) is 7.82. The van der Waals surface area contributed by atoms with E-state index in [-0.39, 0.29) is 19.0 Å². The first-order valence-electron chi connectivity index (χ1n) is 11.9. The van der Waals surface area contributed by atoms with Crippen molar-refractivity contribution in [2.24, 2.45) is 0 Å². The van der Waals surface area contributed by atoms with E-state index in [0.29, 0.717) is 46.3 Å². The summed E-state index contributed by atoms with van der Waals surface area (Å²) >= 11 is 0. The maximum Gasteiger partial charge on any atom is 0.416 e. The molecule has 0 radical (unpaired) electrons. The Morgan fingerprint density at radius 3 is 1.77 bits per heavy atom. The van der Waals surface area contributed by atoms with Gasteiger partial charge in [0.25, 0.3) is 5.91 Å². The van der Waals surface area contributed by atoms with Crippen LogP contribution in [0.25, 0.3) is 0 Å². The molecule has 0 bridgehead atoms. The van der Waals surface area contributed by atoms with Crippen LogP contribution >= 0.6 is 0 Å². The lowest BCUT2D eigenvalue weighted by molar-refractivity contribution is -0.143. The van der Waals surface area contributed by atoms with E-state index >= 15 is 0 Å². The largest absolute Gasteiger partial charge is 0.493 e. The molecule has 214 valence electrons. The summed E-state index contributed by atoms with van der Waals surface area (Å²) in [6, 6.07) is 8.16. The minimum absolute atomic E-state index is 0.00206. The van der Waals surface area contributed by atoms with Crippen molar-refractivity contribution in [1.29, 1.82) is 0 Å². The summed E-state index contributed by atoms with van der Waals surface area (Å²) in [5, 5.41) is 0. The molecule has 0 N–H and O–H groups in total. The fraction of sp³-hybridized carbons (Fsp3) is 0.321. The van der Waals surface area contributed by atoms with Gasteiger partial charge in [0.05, 0.1) is 45.6 Å². The van der Waals surface area contributed by atoms with Crippen molar-refractivity contribution >= 4 is 5.91 Å². The molecule has 1 atom stereocenters. The van der Waals surface area contributed by atoms with Gasteiger partial charge in [-0.3, -0.25) is 4.79 Å². The van der Waals surface area contributed by atoms with E-state index in [4.69, 9.17) is 18.9 Å². The molecule has 1 aliphatic heterocycles. The Labute approximate surface area is 226 Å². The molecule has 6 nitrogen and oxygen atoms in total. The molecule has 1 aliphatic rings. The smallest absolute Gasteiger partial charge is 0.416 e. The van der Waals surface area contributed by atoms with Crippen molar-refractivity contribution in [2.45, 2.75) is 24.8 Å². The summed E-state index contributed by atoms with van der Waals surface area (Å²) < 4.78 is 103. The van der Waals surface area contributed by atoms with E-state index in [0.717, 1.165) is 5.56 Å². The second-order valence-electron chi connectivity index (χ2n) is 8.97. The van der Waals surface area contributed by atoms with Crippen molar-refractivity contribution in [1.82, 2.24) is 4.90 Å². The van der Waals surface area contributed by atoms with Crippen LogP contribution in [0.4, 0.5) is 26.3 Å². The van der Waals surface area contributed by atoms with E-state index in [1.54, 1.807) is 30.3 Å². The predicted molar refractivity (Wildman–Crippen MR) is 132 cm³/mol. The first-order valence-corrected chi connectivity index (χ1v) is 11.9. The third kappa shape index (κ3) is 5.47. The number of methoxy groups -OCH3 is 4. The molecule has 12 heteroatoms. The third-order valence-electron chi connectivity index (χ3n) is 6.69. The van der Waals surface area contributed by atoms with Crippen LogP contribution in [-0.4, -0.2) is 45.8 Å². The number of hydrogen-bond donors (Lipinski definition) is 0. The van der Waals surface area contributed by atoms with Crippen LogP contribution in [0.3, 0.4) is 0 Å². The first-order chi connectivity index (χ1) is 18.8. The van der Waals surface area contributed by atoms with Gasteiger partial charge < -0.3 is 23.8 Å². The lowest BCUT2D eigenvalue weighted by Crippen LogP contribution is -2.41. The van der Waals surface area contributed by atoms with E-state index in [2.05, 4.69) is 0 Å². The molecule has 3 aromatic rings. The molecule has 4 rings (SSSR count). The number of carbonyl (C=O) groups is 1. The van der Waals surface area contributed by atoms with Gasteiger partial charge in [0.2, 0.25) is 0 Å². The Balaban J connectivity index is 1.92. The zero-order valence-corrected chi connectivity index (χ0v) is 21.9. The van der Waals surface area contributed by atoms with Crippen molar-refractivity contribution in [2.75, 3.05) is 35.0 Å². The summed E-state index contributed by atoms with van der Waals surface area (Å²) in [7, 11) is 5.73. The SMILES string of the molecule is COc1ccc(C2c3cc(OC)c(OC)cc3CCN2C(=O)c2cc(C(F)(F)F)cc(C(F)(F)F)c2)cc1OC. The zero-order valence-electron chi connectivity index (χ0n) is 21.9. The zero-order chi connectivity index (χ0) is 29.4. The van der Waals surface area contributed by atoms with Crippen LogP contribution in [-0.2, 0) is 18.8 Å². The fourth-order valence-electron chi connectivity index (χ4n) is 4.79. The quantitative estimate of drug-likeness (QED) is 0.316. The second-order valence-corrected chi connectivity index (χ2v) is 8.97. The molecular formula is C28H25F6NO5. The number of benzene rings is 3. The Bertz CT molecular complexity index is 1390. The standard InChI is InChI=1S/C28H25F6NO5/c1-37-21-6-5-16(12-22(21)38-2)25-20-14-24(40-4)23(39-3)11-15(20)7-8-35(25)26(36)17-9-18(27(29,30)31)13-19(10-17)28(32,33)34/h5-6,9-14,25H,7-8H2,1-4H3. The molecule has 0 fully saturated rings. The van der Waals surface area contributed by atoms with Crippen LogP contribution in [0.1, 0.15) is 44.2 Å². The monoisotopic (exact) mass is 569 g/mol. The molecular weight excluding hydrogens is 544 g/mol. The maximum absolute atomic E-state index is 13.8. The summed E-state index contributed by atoms with van der Waals surface area (Å²) in [4.78, 5) is 15.0. The van der Waals surface area contributed by atoms with Crippen LogP contribution in [0.5, 0.6) is 23.0 Å². The number of alkyl halides is 6. The summed E-state index contributed by atoms with van der Waals surface area (Å²) in [6.07, 6.45) is -9.94. The molecule has 0 saturated heterocycles. The number of fused-ring (bicyclic) bond motifs is 1. The number of ether oxygens (including phenoxy) is 4. The second kappa shape index (κ2) is 10.8. The highest BCUT2D eigenvalue weighted by molar-refractivity contribution is 5.95. The van der Waals surface area contributed by atoms with Crippen molar-refractivity contribution in [3.8, 4) is 23.0 Å². The fourth-order valence-corrected chi connectivity index (χ4v) is 4.79. The number of halogens is 6. The molecule has 1 amide bonds. The Hall–Kier alpha value is -4.09. The number of carbonyl (C=O) groups excluding carboxylic acids is 1. The van der Waals surface area contributed by atoms with Gasteiger partial charge in [-0.1, -0.05) is 6.07 Å². The molecule has 0 aliphatic carbocycles. The third-order valence-corrected chi connectivity index (χ3v) is 6.69. The minimum atomic E-state index is -5.10. The lowest BCUT2D eigenvalue weighted by atomic mass is 9.86. The van der Waals surface area contributed by atoms with Gasteiger partial charge in [0.15, 0.2) is 23.0 Å². The summed E-state index contributed by atoms with van der Waals surface area (Å²) in [5.41, 5.74) is -2.07. The highest BCUT2D eigenvalue weighted by Crippen LogP contribution is 2.44. The Morgan fingerprint density at radius 2 is 1.25 bits per heavy atom. The van der Waals surface area contributed by atoms with Gasteiger partial charge >= 0.3 is 12.4 Å². The van der Waals surface area contributed by atoms with E-state index in [9.17, 15) is 31.1 Å². The van der Waals surface area contributed by atoms with Crippen LogP contribution in [0.2, 0.25) is 0 Å². The van der Waals surface area contributed by atoms with Crippen LogP contribution in [0.15, 0.2) is 48.5 Å². The normalized spacial score (nSPS) is 15.3.